The predicted molar refractivity (Wildman–Crippen MR) is 115 cm³/mol. The molecule has 8 nitrogen and oxygen atoms in total. The van der Waals surface area contributed by atoms with E-state index in [1.165, 1.54) is 15.7 Å². The number of thiazole rings is 1. The molecular weight excluding hydrogens is 402 g/mol. The third-order valence-corrected chi connectivity index (χ3v) is 5.94. The van der Waals surface area contributed by atoms with E-state index in [1.54, 1.807) is 48.4 Å². The van der Waals surface area contributed by atoms with Crippen LogP contribution in [0.3, 0.4) is 0 Å². The van der Waals surface area contributed by atoms with Gasteiger partial charge in [-0.25, -0.2) is 4.98 Å². The first kappa shape index (κ1) is 20.2. The zero-order valence-corrected chi connectivity index (χ0v) is 17.5. The Morgan fingerprint density at radius 2 is 1.90 bits per heavy atom. The van der Waals surface area contributed by atoms with Gasteiger partial charge in [0.2, 0.25) is 5.91 Å². The zero-order chi connectivity index (χ0) is 21.1. The summed E-state index contributed by atoms with van der Waals surface area (Å²) in [7, 11) is 0. The monoisotopic (exact) mass is 425 g/mol. The molecule has 9 heteroatoms. The minimum atomic E-state index is -0.591. The van der Waals surface area contributed by atoms with E-state index in [4.69, 9.17) is 0 Å². The van der Waals surface area contributed by atoms with E-state index < -0.39 is 6.04 Å². The molecule has 2 aromatic heterocycles. The predicted octanol–water partition coefficient (Wildman–Crippen LogP) is 1.22. The molecule has 2 amide bonds. The third-order valence-electron chi connectivity index (χ3n) is 5.18. The zero-order valence-electron chi connectivity index (χ0n) is 16.7. The molecule has 3 heterocycles. The Kier molecular flexibility index (Phi) is 5.91. The number of nitrogens with zero attached hydrogens (tertiary/aromatic N) is 4. The average Bonchev–Trinajstić information content (AvgIpc) is 3.23. The minimum absolute atomic E-state index is 0.0759. The molecule has 0 radical (unpaired) electrons. The first-order valence-corrected chi connectivity index (χ1v) is 10.7. The van der Waals surface area contributed by atoms with Crippen LogP contribution in [0.15, 0.2) is 52.8 Å². The van der Waals surface area contributed by atoms with E-state index >= 15 is 0 Å². The summed E-state index contributed by atoms with van der Waals surface area (Å²) in [6.07, 6.45) is 1.72. The molecule has 30 heavy (non-hydrogen) atoms. The van der Waals surface area contributed by atoms with Gasteiger partial charge >= 0.3 is 0 Å². The number of carbonyl (C=O) groups is 2. The summed E-state index contributed by atoms with van der Waals surface area (Å²) < 4.78 is 1.54. The molecule has 0 saturated carbocycles. The number of piperazine rings is 1. The largest absolute Gasteiger partial charge is 0.341 e. The van der Waals surface area contributed by atoms with Gasteiger partial charge in [0, 0.05) is 55.9 Å². The maximum Gasteiger partial charge on any atom is 0.258 e. The molecule has 1 aromatic carbocycles. The van der Waals surface area contributed by atoms with Crippen LogP contribution in [0.25, 0.3) is 4.96 Å². The van der Waals surface area contributed by atoms with Gasteiger partial charge in [-0.1, -0.05) is 18.2 Å². The number of rotatable bonds is 5. The van der Waals surface area contributed by atoms with Gasteiger partial charge in [-0.15, -0.1) is 11.3 Å². The highest BCUT2D eigenvalue weighted by atomic mass is 32.1. The summed E-state index contributed by atoms with van der Waals surface area (Å²) in [5, 5.41) is 4.62. The molecule has 0 aliphatic carbocycles. The van der Waals surface area contributed by atoms with Gasteiger partial charge in [-0.3, -0.25) is 23.7 Å². The molecular formula is C21H23N5O3S. The molecule has 1 atom stereocenters. The standard InChI is InChI=1S/C21H23N5O3S/c1-15(22-19(28)16-5-3-2-4-6-16)20(29)25-9-7-24(8-10-25)14-17-13-18(27)26-11-12-30-21(26)23-17/h2-6,11-13,15H,7-10,14H2,1H3,(H,22,28)/t15-/m0/s1. The van der Waals surface area contributed by atoms with Crippen molar-refractivity contribution in [3.05, 3.63) is 69.6 Å². The number of hydrogen-bond donors (Lipinski definition) is 1. The molecule has 1 fully saturated rings. The lowest BCUT2D eigenvalue weighted by Crippen LogP contribution is -2.54. The number of amides is 2. The second kappa shape index (κ2) is 8.76. The highest BCUT2D eigenvalue weighted by molar-refractivity contribution is 7.15. The molecule has 4 rings (SSSR count). The number of aromatic nitrogens is 2. The van der Waals surface area contributed by atoms with Gasteiger partial charge in [0.15, 0.2) is 4.96 Å². The second-order valence-electron chi connectivity index (χ2n) is 7.30. The van der Waals surface area contributed by atoms with Crippen molar-refractivity contribution >= 4 is 28.1 Å². The molecule has 156 valence electrons. The van der Waals surface area contributed by atoms with Crippen LogP contribution in [-0.2, 0) is 11.3 Å². The van der Waals surface area contributed by atoms with Crippen molar-refractivity contribution in [1.82, 2.24) is 24.5 Å². The Morgan fingerprint density at radius 3 is 2.63 bits per heavy atom. The first-order valence-electron chi connectivity index (χ1n) is 9.84. The fourth-order valence-corrected chi connectivity index (χ4v) is 4.27. The van der Waals surface area contributed by atoms with Crippen molar-refractivity contribution in [2.75, 3.05) is 26.2 Å². The van der Waals surface area contributed by atoms with Crippen molar-refractivity contribution in [1.29, 1.82) is 0 Å². The van der Waals surface area contributed by atoms with Crippen molar-refractivity contribution < 1.29 is 9.59 Å². The summed E-state index contributed by atoms with van der Waals surface area (Å²) in [5.74, 6) is -0.341. The van der Waals surface area contributed by atoms with Crippen LogP contribution in [0.4, 0.5) is 0 Å². The normalized spacial score (nSPS) is 15.8. The molecule has 0 bridgehead atoms. The first-order chi connectivity index (χ1) is 14.5. The maximum atomic E-state index is 12.7. The lowest BCUT2D eigenvalue weighted by atomic mass is 10.2. The Morgan fingerprint density at radius 1 is 1.17 bits per heavy atom. The average molecular weight is 426 g/mol. The highest BCUT2D eigenvalue weighted by Crippen LogP contribution is 2.11. The van der Waals surface area contributed by atoms with Crippen molar-refractivity contribution in [2.24, 2.45) is 0 Å². The lowest BCUT2D eigenvalue weighted by molar-refractivity contribution is -0.134. The Bertz CT molecular complexity index is 1100. The van der Waals surface area contributed by atoms with Crippen LogP contribution in [-0.4, -0.2) is 63.2 Å². The quantitative estimate of drug-likeness (QED) is 0.664. The summed E-state index contributed by atoms with van der Waals surface area (Å²) in [5.41, 5.74) is 1.20. The van der Waals surface area contributed by atoms with Gasteiger partial charge < -0.3 is 10.2 Å². The topological polar surface area (TPSA) is 87.0 Å². The van der Waals surface area contributed by atoms with Crippen molar-refractivity contribution in [2.45, 2.75) is 19.5 Å². The van der Waals surface area contributed by atoms with E-state index in [0.29, 0.717) is 43.2 Å². The lowest BCUT2D eigenvalue weighted by Gasteiger charge is -2.35. The van der Waals surface area contributed by atoms with E-state index in [-0.39, 0.29) is 17.4 Å². The molecule has 0 spiro atoms. The van der Waals surface area contributed by atoms with Crippen molar-refractivity contribution in [3.63, 3.8) is 0 Å². The summed E-state index contributed by atoms with van der Waals surface area (Å²) in [6.45, 7) is 4.82. The van der Waals surface area contributed by atoms with E-state index in [9.17, 15) is 14.4 Å². The molecule has 1 aliphatic heterocycles. The van der Waals surface area contributed by atoms with E-state index in [0.717, 1.165) is 5.69 Å². The number of nitrogens with one attached hydrogen (secondary N) is 1. The number of fused-ring (bicyclic) bond motifs is 1. The van der Waals surface area contributed by atoms with Crippen LogP contribution in [0.1, 0.15) is 23.0 Å². The van der Waals surface area contributed by atoms with Gasteiger partial charge in [-0.2, -0.15) is 0 Å². The van der Waals surface area contributed by atoms with Gasteiger partial charge in [-0.05, 0) is 19.1 Å². The van der Waals surface area contributed by atoms with Crippen LogP contribution >= 0.6 is 11.3 Å². The van der Waals surface area contributed by atoms with Gasteiger partial charge in [0.25, 0.3) is 11.5 Å². The third kappa shape index (κ3) is 4.42. The van der Waals surface area contributed by atoms with E-state index in [1.807, 2.05) is 11.4 Å². The van der Waals surface area contributed by atoms with Crippen molar-refractivity contribution in [3.8, 4) is 0 Å². The highest BCUT2D eigenvalue weighted by Gasteiger charge is 2.26. The second-order valence-corrected chi connectivity index (χ2v) is 8.18. The number of carbonyl (C=O) groups excluding carboxylic acids is 2. The molecule has 1 aliphatic rings. The molecule has 1 saturated heterocycles. The minimum Gasteiger partial charge on any atom is -0.341 e. The maximum absolute atomic E-state index is 12.7. The molecule has 1 N–H and O–H groups in total. The Labute approximate surface area is 177 Å². The van der Waals surface area contributed by atoms with Gasteiger partial charge in [0.1, 0.15) is 6.04 Å². The van der Waals surface area contributed by atoms with Crippen LogP contribution in [0.2, 0.25) is 0 Å². The fraction of sp³-hybridized carbons (Fsp3) is 0.333. The fourth-order valence-electron chi connectivity index (χ4n) is 3.53. The number of benzene rings is 1. The van der Waals surface area contributed by atoms with Crippen LogP contribution in [0.5, 0.6) is 0 Å². The SMILES string of the molecule is C[C@H](NC(=O)c1ccccc1)C(=O)N1CCN(Cc2cc(=O)n3ccsc3n2)CC1. The van der Waals surface area contributed by atoms with Crippen LogP contribution < -0.4 is 10.9 Å². The smallest absolute Gasteiger partial charge is 0.258 e. The summed E-state index contributed by atoms with van der Waals surface area (Å²) >= 11 is 1.43. The summed E-state index contributed by atoms with van der Waals surface area (Å²) in [6, 6.07) is 9.85. The van der Waals surface area contributed by atoms with Gasteiger partial charge in [0.05, 0.1) is 5.69 Å². The summed E-state index contributed by atoms with van der Waals surface area (Å²) in [4.78, 5) is 46.3. The van der Waals surface area contributed by atoms with Crippen LogP contribution in [0, 0.1) is 0 Å². The molecule has 0 unspecified atom stereocenters. The van der Waals surface area contributed by atoms with E-state index in [2.05, 4.69) is 15.2 Å². The Hall–Kier alpha value is -3.04. The molecule has 3 aromatic rings. The Balaban J connectivity index is 1.30. The number of hydrogen-bond acceptors (Lipinski definition) is 6.